The zero-order chi connectivity index (χ0) is 13.4. The van der Waals surface area contributed by atoms with Crippen LogP contribution in [0.5, 0.6) is 0 Å². The predicted molar refractivity (Wildman–Crippen MR) is 66.8 cm³/mol. The van der Waals surface area contributed by atoms with Crippen molar-refractivity contribution < 1.29 is 13.6 Å². The number of pyridine rings is 1. The van der Waals surface area contributed by atoms with Gasteiger partial charge in [0.1, 0.15) is 11.6 Å². The van der Waals surface area contributed by atoms with Gasteiger partial charge in [0.2, 0.25) is 0 Å². The fourth-order valence-corrected chi connectivity index (χ4v) is 2.10. The third kappa shape index (κ3) is 1.79. The lowest BCUT2D eigenvalue weighted by molar-refractivity contribution is 0.112. The van der Waals surface area contributed by atoms with Crippen molar-refractivity contribution in [2.24, 2.45) is 0 Å². The molecule has 3 aromatic rings. The first-order valence-electron chi connectivity index (χ1n) is 5.57. The molecule has 1 N–H and O–H groups in total. The maximum Gasteiger partial charge on any atom is 0.152 e. The van der Waals surface area contributed by atoms with Crippen molar-refractivity contribution in [2.45, 2.75) is 0 Å². The van der Waals surface area contributed by atoms with Crippen LogP contribution >= 0.6 is 0 Å². The number of nitrogens with one attached hydrogen (secondary N) is 1. The van der Waals surface area contributed by atoms with Gasteiger partial charge < -0.3 is 4.98 Å². The van der Waals surface area contributed by atoms with E-state index in [-0.39, 0.29) is 16.5 Å². The quantitative estimate of drug-likeness (QED) is 0.717. The average molecular weight is 258 g/mol. The second-order valence-corrected chi connectivity index (χ2v) is 4.08. The number of hydrogen-bond acceptors (Lipinski definition) is 2. The van der Waals surface area contributed by atoms with Crippen molar-refractivity contribution in [1.82, 2.24) is 9.97 Å². The first kappa shape index (κ1) is 11.5. The molecule has 0 saturated heterocycles. The first-order valence-corrected chi connectivity index (χ1v) is 5.57. The van der Waals surface area contributed by atoms with Crippen LogP contribution in [0.4, 0.5) is 8.78 Å². The van der Waals surface area contributed by atoms with Crippen molar-refractivity contribution >= 4 is 17.2 Å². The molecular weight excluding hydrogens is 250 g/mol. The van der Waals surface area contributed by atoms with Gasteiger partial charge in [-0.1, -0.05) is 0 Å². The molecule has 0 aliphatic heterocycles. The number of rotatable bonds is 2. The number of carbonyl (C=O) groups excluding carboxylic acids is 1. The summed E-state index contributed by atoms with van der Waals surface area (Å²) >= 11 is 0. The molecule has 0 radical (unpaired) electrons. The molecule has 0 bridgehead atoms. The Kier molecular flexibility index (Phi) is 2.59. The largest absolute Gasteiger partial charge is 0.351 e. The third-order valence-electron chi connectivity index (χ3n) is 2.93. The van der Waals surface area contributed by atoms with Crippen molar-refractivity contribution in [1.29, 1.82) is 0 Å². The highest BCUT2D eigenvalue weighted by Gasteiger charge is 2.16. The van der Waals surface area contributed by atoms with E-state index >= 15 is 0 Å². The minimum atomic E-state index is -0.728. The number of carbonyl (C=O) groups is 1. The van der Waals surface area contributed by atoms with Crippen LogP contribution in [0, 0.1) is 11.6 Å². The van der Waals surface area contributed by atoms with Crippen molar-refractivity contribution in [3.05, 3.63) is 53.9 Å². The highest BCUT2D eigenvalue weighted by molar-refractivity contribution is 6.04. The third-order valence-corrected chi connectivity index (χ3v) is 2.93. The maximum atomic E-state index is 13.7. The summed E-state index contributed by atoms with van der Waals surface area (Å²) in [7, 11) is 0. The van der Waals surface area contributed by atoms with E-state index in [1.807, 2.05) is 0 Å². The topological polar surface area (TPSA) is 45.8 Å². The van der Waals surface area contributed by atoms with Crippen LogP contribution < -0.4 is 0 Å². The normalized spacial score (nSPS) is 10.8. The molecular formula is C14H8F2N2O. The number of hydrogen-bond donors (Lipinski definition) is 1. The highest BCUT2D eigenvalue weighted by atomic mass is 19.1. The number of halogens is 2. The van der Waals surface area contributed by atoms with Gasteiger partial charge in [-0.25, -0.2) is 8.78 Å². The molecule has 0 saturated carbocycles. The van der Waals surface area contributed by atoms with E-state index in [2.05, 4.69) is 9.97 Å². The zero-order valence-electron chi connectivity index (χ0n) is 9.65. The second-order valence-electron chi connectivity index (χ2n) is 4.08. The van der Waals surface area contributed by atoms with Gasteiger partial charge in [-0.2, -0.15) is 0 Å². The Bertz CT molecular complexity index is 766. The summed E-state index contributed by atoms with van der Waals surface area (Å²) in [5, 5.41) is 0.228. The van der Waals surface area contributed by atoms with Gasteiger partial charge in [0, 0.05) is 35.0 Å². The van der Waals surface area contributed by atoms with E-state index < -0.39 is 11.6 Å². The molecule has 94 valence electrons. The molecule has 0 aliphatic rings. The molecule has 3 nitrogen and oxygen atoms in total. The fourth-order valence-electron chi connectivity index (χ4n) is 2.10. The summed E-state index contributed by atoms with van der Waals surface area (Å²) in [6, 6.07) is 5.35. The lowest BCUT2D eigenvalue weighted by Crippen LogP contribution is -1.85. The summed E-state index contributed by atoms with van der Waals surface area (Å²) in [5.74, 6) is -1.45. The Labute approximate surface area is 106 Å². The van der Waals surface area contributed by atoms with Crippen LogP contribution in [-0.2, 0) is 0 Å². The number of benzene rings is 1. The highest BCUT2D eigenvalue weighted by Crippen LogP contribution is 2.30. The molecule has 0 spiro atoms. The van der Waals surface area contributed by atoms with Crippen molar-refractivity contribution in [3.63, 3.8) is 0 Å². The lowest BCUT2D eigenvalue weighted by Gasteiger charge is -1.97. The van der Waals surface area contributed by atoms with E-state index in [0.29, 0.717) is 17.5 Å². The molecule has 0 unspecified atom stereocenters. The Morgan fingerprint density at radius 1 is 1.26 bits per heavy atom. The van der Waals surface area contributed by atoms with Gasteiger partial charge >= 0.3 is 0 Å². The monoisotopic (exact) mass is 258 g/mol. The van der Waals surface area contributed by atoms with Crippen LogP contribution in [0.25, 0.3) is 22.2 Å². The van der Waals surface area contributed by atoms with Gasteiger partial charge in [0.25, 0.3) is 0 Å². The smallest absolute Gasteiger partial charge is 0.152 e. The van der Waals surface area contributed by atoms with Gasteiger partial charge in [0.15, 0.2) is 6.29 Å². The Morgan fingerprint density at radius 3 is 2.79 bits per heavy atom. The van der Waals surface area contributed by atoms with Crippen molar-refractivity contribution in [3.8, 4) is 11.3 Å². The zero-order valence-corrected chi connectivity index (χ0v) is 9.65. The van der Waals surface area contributed by atoms with Crippen LogP contribution in [0.1, 0.15) is 10.4 Å². The van der Waals surface area contributed by atoms with E-state index in [4.69, 9.17) is 0 Å². The number of fused-ring (bicyclic) bond motifs is 1. The summed E-state index contributed by atoms with van der Waals surface area (Å²) < 4.78 is 26.9. The number of aromatic nitrogens is 2. The number of aldehydes is 1. The fraction of sp³-hybridized carbons (Fsp3) is 0. The minimum Gasteiger partial charge on any atom is -0.351 e. The molecule has 0 fully saturated rings. The van der Waals surface area contributed by atoms with Crippen LogP contribution in [0.2, 0.25) is 0 Å². The molecule has 0 atom stereocenters. The summed E-state index contributed by atoms with van der Waals surface area (Å²) in [5.41, 5.74) is 1.41. The SMILES string of the molecule is O=Cc1c(-c2cccnc2)[nH]c2c(F)cc(F)cc12. The Balaban J connectivity index is 2.38. The molecule has 0 amide bonds. The van der Waals surface area contributed by atoms with E-state index in [9.17, 15) is 13.6 Å². The van der Waals surface area contributed by atoms with E-state index in [0.717, 1.165) is 12.1 Å². The average Bonchev–Trinajstić information content (AvgIpc) is 2.78. The summed E-state index contributed by atoms with van der Waals surface area (Å²) in [6.45, 7) is 0. The number of aromatic amines is 1. The summed E-state index contributed by atoms with van der Waals surface area (Å²) in [4.78, 5) is 18.0. The molecule has 3 rings (SSSR count). The Morgan fingerprint density at radius 2 is 2.11 bits per heavy atom. The van der Waals surface area contributed by atoms with Gasteiger partial charge in [-0.15, -0.1) is 0 Å². The lowest BCUT2D eigenvalue weighted by atomic mass is 10.1. The van der Waals surface area contributed by atoms with Gasteiger partial charge in [-0.3, -0.25) is 9.78 Å². The molecule has 5 heteroatoms. The molecule has 1 aromatic carbocycles. The predicted octanol–water partition coefficient (Wildman–Crippen LogP) is 3.32. The van der Waals surface area contributed by atoms with E-state index in [1.165, 1.54) is 0 Å². The molecule has 2 aromatic heterocycles. The maximum absolute atomic E-state index is 13.7. The number of H-pyrrole nitrogens is 1. The van der Waals surface area contributed by atoms with Crippen molar-refractivity contribution in [2.75, 3.05) is 0 Å². The standard InChI is InChI=1S/C14H8F2N2O/c15-9-4-10-11(7-19)13(8-2-1-3-17-6-8)18-14(10)12(16)5-9/h1-7,18H. The number of nitrogens with zero attached hydrogens (tertiary/aromatic N) is 1. The van der Waals surface area contributed by atoms with Gasteiger partial charge in [0.05, 0.1) is 11.2 Å². The molecule has 0 aliphatic carbocycles. The van der Waals surface area contributed by atoms with E-state index in [1.54, 1.807) is 24.5 Å². The van der Waals surface area contributed by atoms with Gasteiger partial charge in [-0.05, 0) is 18.2 Å². The van der Waals surface area contributed by atoms with Crippen LogP contribution in [-0.4, -0.2) is 16.3 Å². The second kappa shape index (κ2) is 4.28. The van der Waals surface area contributed by atoms with Crippen LogP contribution in [0.15, 0.2) is 36.7 Å². The Hall–Kier alpha value is -2.56. The molecule has 2 heterocycles. The van der Waals surface area contributed by atoms with Crippen LogP contribution in [0.3, 0.4) is 0 Å². The summed E-state index contributed by atoms with van der Waals surface area (Å²) in [6.07, 6.45) is 3.72. The minimum absolute atomic E-state index is 0.113. The first-order chi connectivity index (χ1) is 9.20. The molecule has 19 heavy (non-hydrogen) atoms.